The molecule has 4 heteroatoms. The Labute approximate surface area is 127 Å². The first-order valence-electron chi connectivity index (χ1n) is 7.85. The van der Waals surface area contributed by atoms with Crippen LogP contribution in [0.25, 0.3) is 0 Å². The molecule has 0 bridgehead atoms. The van der Waals surface area contributed by atoms with E-state index in [2.05, 4.69) is 0 Å². The first-order valence-corrected chi connectivity index (χ1v) is 7.85. The van der Waals surface area contributed by atoms with E-state index in [0.29, 0.717) is 13.0 Å². The van der Waals surface area contributed by atoms with Crippen LogP contribution in [0, 0.1) is 0 Å². The van der Waals surface area contributed by atoms with Gasteiger partial charge in [0.05, 0.1) is 12.5 Å². The van der Waals surface area contributed by atoms with Crippen LogP contribution in [0.4, 0.5) is 0 Å². The number of rotatable bonds is 5. The second-order valence-corrected chi connectivity index (χ2v) is 5.96. The van der Waals surface area contributed by atoms with Gasteiger partial charge in [-0.15, -0.1) is 0 Å². The van der Waals surface area contributed by atoms with E-state index in [1.165, 1.54) is 6.42 Å². The highest BCUT2D eigenvalue weighted by Gasteiger charge is 2.25. The predicted octanol–water partition coefficient (Wildman–Crippen LogP) is 2.36. The molecule has 1 aliphatic heterocycles. The molecule has 0 aliphatic carbocycles. The maximum Gasteiger partial charge on any atom is 0.227 e. The average molecular weight is 290 g/mol. The van der Waals surface area contributed by atoms with Gasteiger partial charge in [-0.3, -0.25) is 4.79 Å². The minimum absolute atomic E-state index is 0.139. The van der Waals surface area contributed by atoms with Crippen molar-refractivity contribution in [3.05, 3.63) is 29.8 Å². The largest absolute Gasteiger partial charge is 0.491 e. The van der Waals surface area contributed by atoms with Gasteiger partial charge in [0.15, 0.2) is 0 Å². The first-order chi connectivity index (χ1) is 10.1. The number of likely N-dealkylation sites (tertiary alicyclic amines) is 1. The van der Waals surface area contributed by atoms with Gasteiger partial charge in [0, 0.05) is 19.1 Å². The van der Waals surface area contributed by atoms with Crippen molar-refractivity contribution in [1.82, 2.24) is 4.90 Å². The minimum Gasteiger partial charge on any atom is -0.491 e. The van der Waals surface area contributed by atoms with Crippen LogP contribution in [0.15, 0.2) is 24.3 Å². The summed E-state index contributed by atoms with van der Waals surface area (Å²) in [6.07, 6.45) is 3.84. The van der Waals surface area contributed by atoms with Crippen molar-refractivity contribution in [3.8, 4) is 5.75 Å². The Hall–Kier alpha value is -1.55. The third-order valence-electron chi connectivity index (χ3n) is 3.85. The highest BCUT2D eigenvalue weighted by atomic mass is 16.5. The van der Waals surface area contributed by atoms with E-state index in [1.807, 2.05) is 43.0 Å². The number of hydrogen-bond donors (Lipinski definition) is 1. The number of piperidine rings is 1. The number of amides is 1. The summed E-state index contributed by atoms with van der Waals surface area (Å²) in [5.74, 6) is 0.996. The summed E-state index contributed by atoms with van der Waals surface area (Å²) in [5, 5.41) is 0. The monoisotopic (exact) mass is 290 g/mol. The molecule has 1 amide bonds. The molecule has 1 unspecified atom stereocenters. The van der Waals surface area contributed by atoms with Gasteiger partial charge in [0.25, 0.3) is 0 Å². The Balaban J connectivity index is 2.01. The van der Waals surface area contributed by atoms with Gasteiger partial charge in [0.2, 0.25) is 5.91 Å². The third-order valence-corrected chi connectivity index (χ3v) is 3.85. The van der Waals surface area contributed by atoms with Crippen molar-refractivity contribution >= 4 is 5.91 Å². The van der Waals surface area contributed by atoms with Gasteiger partial charge in [-0.2, -0.15) is 0 Å². The van der Waals surface area contributed by atoms with Crippen molar-refractivity contribution in [1.29, 1.82) is 0 Å². The SMILES string of the molecule is CC(C)Oc1cccc(CC(=O)N2CCCCC2CN)c1. The van der Waals surface area contributed by atoms with Gasteiger partial charge >= 0.3 is 0 Å². The molecular weight excluding hydrogens is 264 g/mol. The molecule has 0 aromatic heterocycles. The van der Waals surface area contributed by atoms with Crippen LogP contribution in [0.5, 0.6) is 5.75 Å². The number of carbonyl (C=O) groups excluding carboxylic acids is 1. The summed E-state index contributed by atoms with van der Waals surface area (Å²) in [6, 6.07) is 8.02. The molecule has 1 aliphatic rings. The summed E-state index contributed by atoms with van der Waals surface area (Å²) in [4.78, 5) is 14.5. The molecule has 1 atom stereocenters. The van der Waals surface area contributed by atoms with Crippen molar-refractivity contribution in [2.75, 3.05) is 13.1 Å². The molecular formula is C17H26N2O2. The topological polar surface area (TPSA) is 55.6 Å². The molecule has 4 nitrogen and oxygen atoms in total. The van der Waals surface area contributed by atoms with Crippen LogP contribution >= 0.6 is 0 Å². The van der Waals surface area contributed by atoms with Crippen LogP contribution in [-0.2, 0) is 11.2 Å². The Morgan fingerprint density at radius 1 is 1.43 bits per heavy atom. The van der Waals surface area contributed by atoms with Crippen molar-refractivity contribution < 1.29 is 9.53 Å². The van der Waals surface area contributed by atoms with Gasteiger partial charge < -0.3 is 15.4 Å². The molecule has 21 heavy (non-hydrogen) atoms. The molecule has 2 N–H and O–H groups in total. The van der Waals surface area contributed by atoms with E-state index in [1.54, 1.807) is 0 Å². The Morgan fingerprint density at radius 2 is 2.24 bits per heavy atom. The molecule has 1 fully saturated rings. The van der Waals surface area contributed by atoms with E-state index in [4.69, 9.17) is 10.5 Å². The number of carbonyl (C=O) groups is 1. The number of benzene rings is 1. The third kappa shape index (κ3) is 4.46. The molecule has 0 spiro atoms. The fraction of sp³-hybridized carbons (Fsp3) is 0.588. The first kappa shape index (κ1) is 15.8. The van der Waals surface area contributed by atoms with E-state index in [0.717, 1.165) is 30.7 Å². The van der Waals surface area contributed by atoms with Crippen molar-refractivity contribution in [2.45, 2.75) is 51.7 Å². The zero-order valence-electron chi connectivity index (χ0n) is 13.0. The lowest BCUT2D eigenvalue weighted by Crippen LogP contribution is -2.48. The fourth-order valence-corrected chi connectivity index (χ4v) is 2.85. The van der Waals surface area contributed by atoms with Gasteiger partial charge in [-0.1, -0.05) is 12.1 Å². The van der Waals surface area contributed by atoms with Crippen LogP contribution in [-0.4, -0.2) is 36.0 Å². The number of nitrogens with zero attached hydrogens (tertiary/aromatic N) is 1. The zero-order valence-corrected chi connectivity index (χ0v) is 13.0. The molecule has 0 saturated carbocycles. The maximum absolute atomic E-state index is 12.5. The average Bonchev–Trinajstić information content (AvgIpc) is 2.46. The van der Waals surface area contributed by atoms with Gasteiger partial charge in [-0.25, -0.2) is 0 Å². The van der Waals surface area contributed by atoms with E-state index >= 15 is 0 Å². The Bertz CT molecular complexity index is 474. The lowest BCUT2D eigenvalue weighted by molar-refractivity contribution is -0.133. The molecule has 1 saturated heterocycles. The van der Waals surface area contributed by atoms with E-state index < -0.39 is 0 Å². The summed E-state index contributed by atoms with van der Waals surface area (Å²) in [6.45, 7) is 5.39. The molecule has 116 valence electrons. The summed E-state index contributed by atoms with van der Waals surface area (Å²) >= 11 is 0. The molecule has 1 aromatic carbocycles. The second kappa shape index (κ2) is 7.46. The molecule has 2 rings (SSSR count). The highest BCUT2D eigenvalue weighted by Crippen LogP contribution is 2.19. The number of hydrogen-bond acceptors (Lipinski definition) is 3. The van der Waals surface area contributed by atoms with Gasteiger partial charge in [-0.05, 0) is 50.8 Å². The zero-order chi connectivity index (χ0) is 15.2. The van der Waals surface area contributed by atoms with Crippen molar-refractivity contribution in [2.24, 2.45) is 5.73 Å². The quantitative estimate of drug-likeness (QED) is 0.905. The Morgan fingerprint density at radius 3 is 2.95 bits per heavy atom. The second-order valence-electron chi connectivity index (χ2n) is 5.96. The van der Waals surface area contributed by atoms with Crippen LogP contribution in [0.1, 0.15) is 38.7 Å². The Kier molecular flexibility index (Phi) is 5.62. The summed E-state index contributed by atoms with van der Waals surface area (Å²) in [7, 11) is 0. The lowest BCUT2D eigenvalue weighted by Gasteiger charge is -2.35. The molecule has 1 heterocycles. The lowest BCUT2D eigenvalue weighted by atomic mass is 10.0. The molecule has 1 aromatic rings. The molecule has 0 radical (unpaired) electrons. The van der Waals surface area contributed by atoms with E-state index in [9.17, 15) is 4.79 Å². The normalized spacial score (nSPS) is 18.9. The smallest absolute Gasteiger partial charge is 0.227 e. The van der Waals surface area contributed by atoms with Crippen LogP contribution < -0.4 is 10.5 Å². The van der Waals surface area contributed by atoms with E-state index in [-0.39, 0.29) is 18.1 Å². The fourth-order valence-electron chi connectivity index (χ4n) is 2.85. The van der Waals surface area contributed by atoms with Crippen molar-refractivity contribution in [3.63, 3.8) is 0 Å². The maximum atomic E-state index is 12.5. The summed E-state index contributed by atoms with van der Waals surface area (Å²) in [5.41, 5.74) is 6.79. The number of ether oxygens (including phenoxy) is 1. The highest BCUT2D eigenvalue weighted by molar-refractivity contribution is 5.79. The standard InChI is InChI=1S/C17H26N2O2/c1-13(2)21-16-8-5-6-14(10-16)11-17(20)19-9-4-3-7-15(19)12-18/h5-6,8,10,13,15H,3-4,7,9,11-12,18H2,1-2H3. The van der Waals surface area contributed by atoms with Gasteiger partial charge in [0.1, 0.15) is 5.75 Å². The number of nitrogens with two attached hydrogens (primary N) is 1. The van der Waals surface area contributed by atoms with Crippen LogP contribution in [0.2, 0.25) is 0 Å². The van der Waals surface area contributed by atoms with Crippen LogP contribution in [0.3, 0.4) is 0 Å². The predicted molar refractivity (Wildman–Crippen MR) is 84.3 cm³/mol. The minimum atomic E-state index is 0.139. The summed E-state index contributed by atoms with van der Waals surface area (Å²) < 4.78 is 5.68.